The van der Waals surface area contributed by atoms with Gasteiger partial charge in [0, 0.05) is 12.1 Å². The van der Waals surface area contributed by atoms with Gasteiger partial charge in [-0.2, -0.15) is 0 Å². The fourth-order valence-electron chi connectivity index (χ4n) is 3.55. The molecule has 1 rings (SSSR count). The van der Waals surface area contributed by atoms with Crippen LogP contribution in [0.5, 0.6) is 5.75 Å². The summed E-state index contributed by atoms with van der Waals surface area (Å²) < 4.78 is 0. The van der Waals surface area contributed by atoms with Gasteiger partial charge in [0.05, 0.1) is 0 Å². The van der Waals surface area contributed by atoms with Crippen molar-refractivity contribution in [3.05, 3.63) is 29.3 Å². The maximum atomic E-state index is 10.3. The Morgan fingerprint density at radius 2 is 1.23 bits per heavy atom. The van der Waals surface area contributed by atoms with Gasteiger partial charge in [-0.05, 0) is 44.5 Å². The maximum absolute atomic E-state index is 10.3. The Kier molecular flexibility index (Phi) is 13.4. The molecule has 0 unspecified atom stereocenters. The summed E-state index contributed by atoms with van der Waals surface area (Å²) in [5, 5.41) is 10.3. The molecule has 1 N–H and O–H groups in total. The van der Waals surface area contributed by atoms with E-state index in [9.17, 15) is 5.11 Å². The van der Waals surface area contributed by atoms with Crippen molar-refractivity contribution >= 4 is 0 Å². The molecule has 1 aromatic carbocycles. The molecule has 0 atom stereocenters. The van der Waals surface area contributed by atoms with Gasteiger partial charge in [0.1, 0.15) is 5.75 Å². The Hall–Kier alpha value is -1.02. The van der Waals surface area contributed by atoms with Gasteiger partial charge in [0.25, 0.3) is 0 Å². The van der Waals surface area contributed by atoms with Crippen LogP contribution in [0.4, 0.5) is 0 Å². The topological polar surface area (TPSA) is 23.5 Å². The Bertz CT molecular complexity index is 442. The van der Waals surface area contributed by atoms with E-state index in [1.54, 1.807) is 0 Å². The fourth-order valence-corrected chi connectivity index (χ4v) is 3.55. The van der Waals surface area contributed by atoms with Crippen LogP contribution >= 0.6 is 0 Å². The van der Waals surface area contributed by atoms with Crippen molar-refractivity contribution in [2.75, 3.05) is 13.1 Å². The Morgan fingerprint density at radius 1 is 0.731 bits per heavy atom. The summed E-state index contributed by atoms with van der Waals surface area (Å²) in [6, 6.07) is 6.10. The van der Waals surface area contributed by atoms with E-state index in [0.717, 1.165) is 30.8 Å². The van der Waals surface area contributed by atoms with Crippen molar-refractivity contribution < 1.29 is 5.11 Å². The summed E-state index contributed by atoms with van der Waals surface area (Å²) in [7, 11) is 0. The summed E-state index contributed by atoms with van der Waals surface area (Å²) in [6.07, 6.45) is 16.1. The molecule has 26 heavy (non-hydrogen) atoms. The highest BCUT2D eigenvalue weighted by atomic mass is 16.3. The summed E-state index contributed by atoms with van der Waals surface area (Å²) in [4.78, 5) is 2.56. The fraction of sp³-hybridized carbons (Fsp3) is 0.750. The molecule has 0 aliphatic rings. The van der Waals surface area contributed by atoms with Gasteiger partial charge in [-0.25, -0.2) is 0 Å². The highest BCUT2D eigenvalue weighted by Crippen LogP contribution is 2.21. The number of nitrogens with zero attached hydrogens (tertiary/aromatic N) is 1. The van der Waals surface area contributed by atoms with Gasteiger partial charge in [-0.3, -0.25) is 4.90 Å². The number of hydrogen-bond acceptors (Lipinski definition) is 2. The SMILES string of the molecule is CCCCCCCCN(CCCCCCCC)Cc1ccc(C)cc1O. The molecule has 2 nitrogen and oxygen atoms in total. The second-order valence-corrected chi connectivity index (χ2v) is 7.94. The Balaban J connectivity index is 2.41. The Morgan fingerprint density at radius 3 is 1.73 bits per heavy atom. The quantitative estimate of drug-likeness (QED) is 0.314. The standard InChI is InChI=1S/C24H43NO/c1-4-6-8-10-12-14-18-25(19-15-13-11-9-7-5-2)21-23-17-16-22(3)20-24(23)26/h16-17,20,26H,4-15,18-19,21H2,1-3H3. The van der Waals surface area contributed by atoms with Crippen molar-refractivity contribution in [2.24, 2.45) is 0 Å². The zero-order chi connectivity index (χ0) is 19.0. The summed E-state index contributed by atoms with van der Waals surface area (Å²) >= 11 is 0. The second kappa shape index (κ2) is 15.1. The van der Waals surface area contributed by atoms with E-state index < -0.39 is 0 Å². The summed E-state index contributed by atoms with van der Waals surface area (Å²) in [5.74, 6) is 0.459. The van der Waals surface area contributed by atoms with E-state index in [1.165, 1.54) is 77.0 Å². The average Bonchev–Trinajstić information content (AvgIpc) is 2.62. The highest BCUT2D eigenvalue weighted by Gasteiger charge is 2.09. The lowest BCUT2D eigenvalue weighted by Crippen LogP contribution is -2.25. The number of aromatic hydroxyl groups is 1. The predicted octanol–water partition coefficient (Wildman–Crippen LogP) is 7.22. The first-order valence-corrected chi connectivity index (χ1v) is 11.2. The minimum atomic E-state index is 0.459. The van der Waals surface area contributed by atoms with Crippen LogP contribution < -0.4 is 0 Å². The molecule has 0 spiro atoms. The maximum Gasteiger partial charge on any atom is 0.120 e. The number of aryl methyl sites for hydroxylation is 1. The van der Waals surface area contributed by atoms with Gasteiger partial charge < -0.3 is 5.11 Å². The lowest BCUT2D eigenvalue weighted by molar-refractivity contribution is 0.249. The summed E-state index contributed by atoms with van der Waals surface area (Å²) in [6.45, 7) is 9.79. The van der Waals surface area contributed by atoms with Gasteiger partial charge in [-0.15, -0.1) is 0 Å². The van der Waals surface area contributed by atoms with E-state index in [-0.39, 0.29) is 0 Å². The normalized spacial score (nSPS) is 11.4. The monoisotopic (exact) mass is 361 g/mol. The second-order valence-electron chi connectivity index (χ2n) is 7.94. The van der Waals surface area contributed by atoms with Crippen LogP contribution in [-0.2, 0) is 6.54 Å². The largest absolute Gasteiger partial charge is 0.508 e. The van der Waals surface area contributed by atoms with Gasteiger partial charge >= 0.3 is 0 Å². The first-order chi connectivity index (χ1) is 12.7. The predicted molar refractivity (Wildman–Crippen MR) is 115 cm³/mol. The van der Waals surface area contributed by atoms with Crippen LogP contribution in [0.15, 0.2) is 18.2 Å². The number of hydrogen-bond donors (Lipinski definition) is 1. The van der Waals surface area contributed by atoms with Crippen LogP contribution in [0.25, 0.3) is 0 Å². The van der Waals surface area contributed by atoms with Gasteiger partial charge in [-0.1, -0.05) is 90.2 Å². The minimum absolute atomic E-state index is 0.459. The van der Waals surface area contributed by atoms with Crippen molar-refractivity contribution in [1.29, 1.82) is 0 Å². The van der Waals surface area contributed by atoms with Crippen molar-refractivity contribution in [3.8, 4) is 5.75 Å². The summed E-state index contributed by atoms with van der Waals surface area (Å²) in [5.41, 5.74) is 2.21. The average molecular weight is 362 g/mol. The first kappa shape index (κ1) is 23.0. The number of phenolic OH excluding ortho intramolecular Hbond substituents is 1. The molecule has 0 saturated carbocycles. The van der Waals surface area contributed by atoms with E-state index in [0.29, 0.717) is 5.75 Å². The molecule has 1 aromatic rings. The van der Waals surface area contributed by atoms with Crippen molar-refractivity contribution in [3.63, 3.8) is 0 Å². The first-order valence-electron chi connectivity index (χ1n) is 11.2. The van der Waals surface area contributed by atoms with E-state index >= 15 is 0 Å². The van der Waals surface area contributed by atoms with Crippen LogP contribution in [0.2, 0.25) is 0 Å². The molecule has 0 heterocycles. The molecule has 0 aromatic heterocycles. The molecule has 0 bridgehead atoms. The molecule has 2 heteroatoms. The molecule has 0 amide bonds. The molecule has 0 fully saturated rings. The zero-order valence-electron chi connectivity index (χ0n) is 17.7. The number of unbranched alkanes of at least 4 members (excludes halogenated alkanes) is 10. The third-order valence-electron chi connectivity index (χ3n) is 5.29. The lowest BCUT2D eigenvalue weighted by Gasteiger charge is -2.23. The van der Waals surface area contributed by atoms with Crippen LogP contribution in [-0.4, -0.2) is 23.1 Å². The van der Waals surface area contributed by atoms with E-state index in [4.69, 9.17) is 0 Å². The van der Waals surface area contributed by atoms with Crippen LogP contribution in [0, 0.1) is 6.92 Å². The Labute approximate surface area is 163 Å². The highest BCUT2D eigenvalue weighted by molar-refractivity contribution is 5.35. The molecular weight excluding hydrogens is 318 g/mol. The molecule has 0 aliphatic carbocycles. The third kappa shape index (κ3) is 10.9. The van der Waals surface area contributed by atoms with Gasteiger partial charge in [0.2, 0.25) is 0 Å². The number of rotatable bonds is 16. The van der Waals surface area contributed by atoms with Crippen LogP contribution in [0.3, 0.4) is 0 Å². The molecule has 0 aliphatic heterocycles. The molecular formula is C24H43NO. The molecule has 0 saturated heterocycles. The van der Waals surface area contributed by atoms with Crippen molar-refractivity contribution in [2.45, 2.75) is 104 Å². The van der Waals surface area contributed by atoms with E-state index in [2.05, 4.69) is 30.9 Å². The van der Waals surface area contributed by atoms with Crippen molar-refractivity contribution in [1.82, 2.24) is 4.90 Å². The smallest absolute Gasteiger partial charge is 0.120 e. The number of benzene rings is 1. The number of phenols is 1. The van der Waals surface area contributed by atoms with Crippen LogP contribution in [0.1, 0.15) is 102 Å². The lowest BCUT2D eigenvalue weighted by atomic mass is 10.1. The third-order valence-corrected chi connectivity index (χ3v) is 5.29. The van der Waals surface area contributed by atoms with E-state index in [1.807, 2.05) is 13.0 Å². The minimum Gasteiger partial charge on any atom is -0.508 e. The molecule has 150 valence electrons. The zero-order valence-corrected chi connectivity index (χ0v) is 17.7. The molecule has 0 radical (unpaired) electrons. The van der Waals surface area contributed by atoms with Gasteiger partial charge in [0.15, 0.2) is 0 Å².